The zero-order valence-electron chi connectivity index (χ0n) is 10.6. The van der Waals surface area contributed by atoms with Crippen LogP contribution < -0.4 is 15.7 Å². The first kappa shape index (κ1) is 13.0. The van der Waals surface area contributed by atoms with E-state index in [1.54, 1.807) is 0 Å². The largest absolute Gasteiger partial charge is 0.375 e. The third kappa shape index (κ3) is 3.04. The molecule has 1 aliphatic rings. The fourth-order valence-electron chi connectivity index (χ4n) is 2.47. The van der Waals surface area contributed by atoms with Gasteiger partial charge in [0.2, 0.25) is 0 Å². The summed E-state index contributed by atoms with van der Waals surface area (Å²) in [5.41, 5.74) is 10.6. The minimum atomic E-state index is 0.226. The van der Waals surface area contributed by atoms with Crippen LogP contribution in [0.25, 0.3) is 0 Å². The number of hydrazone groups is 1. The number of nitrogens with zero attached hydrogens (tertiary/aromatic N) is 2. The average Bonchev–Trinajstić information content (AvgIpc) is 2.37. The van der Waals surface area contributed by atoms with E-state index >= 15 is 0 Å². The van der Waals surface area contributed by atoms with Crippen molar-refractivity contribution in [3.63, 3.8) is 0 Å². The molecule has 3 N–H and O–H groups in total. The molecule has 0 amide bonds. The van der Waals surface area contributed by atoms with Gasteiger partial charge in [-0.3, -0.25) is 5.43 Å². The maximum atomic E-state index is 5.43. The van der Waals surface area contributed by atoms with Crippen molar-refractivity contribution in [1.29, 1.82) is 0 Å². The quantitative estimate of drug-likeness (QED) is 0.481. The molecule has 1 heterocycles. The predicted molar refractivity (Wildman–Crippen MR) is 76.2 cm³/mol. The van der Waals surface area contributed by atoms with Crippen molar-refractivity contribution < 1.29 is 4.57 Å². The molecule has 0 aromatic carbocycles. The van der Waals surface area contributed by atoms with Crippen LogP contribution in [0.15, 0.2) is 29.5 Å². The highest BCUT2D eigenvalue weighted by Gasteiger charge is 2.28. The van der Waals surface area contributed by atoms with E-state index < -0.39 is 0 Å². The number of hydrogen-bond donors (Lipinski definition) is 2. The third-order valence-corrected chi connectivity index (χ3v) is 3.43. The van der Waals surface area contributed by atoms with E-state index in [4.69, 9.17) is 18.0 Å². The van der Waals surface area contributed by atoms with Gasteiger partial charge in [0.1, 0.15) is 7.05 Å². The maximum absolute atomic E-state index is 5.43. The van der Waals surface area contributed by atoms with Gasteiger partial charge in [0.25, 0.3) is 0 Å². The fourth-order valence-corrected chi connectivity index (χ4v) is 2.52. The van der Waals surface area contributed by atoms with E-state index in [0.29, 0.717) is 5.92 Å². The first-order chi connectivity index (χ1) is 8.68. The first-order valence-electron chi connectivity index (χ1n) is 6.25. The van der Waals surface area contributed by atoms with Crippen LogP contribution >= 0.6 is 12.2 Å². The SMILES string of the molecule is C[n+]1ccccc1[C@H]1CCCC/C1=N/NC(N)=S. The molecule has 1 fully saturated rings. The van der Waals surface area contributed by atoms with Gasteiger partial charge in [0, 0.05) is 12.1 Å². The summed E-state index contributed by atoms with van der Waals surface area (Å²) in [4.78, 5) is 0. The number of nitrogens with one attached hydrogen (secondary N) is 1. The number of aryl methyl sites for hydroxylation is 1. The van der Waals surface area contributed by atoms with Crippen molar-refractivity contribution in [2.45, 2.75) is 31.6 Å². The molecular formula is C13H19N4S+. The number of pyridine rings is 1. The summed E-state index contributed by atoms with van der Waals surface area (Å²) in [5.74, 6) is 0.367. The molecule has 1 atom stereocenters. The van der Waals surface area contributed by atoms with Crippen molar-refractivity contribution in [3.8, 4) is 0 Å². The summed E-state index contributed by atoms with van der Waals surface area (Å²) in [6.07, 6.45) is 6.64. The van der Waals surface area contributed by atoms with E-state index in [2.05, 4.69) is 40.5 Å². The average molecular weight is 263 g/mol. The standard InChI is InChI=1S/C13H18N4S/c1-17-9-5-4-8-12(17)10-6-2-3-7-11(10)15-16-13(14)18/h4-5,8-10H,2-3,6-7H2,1H3,(H2-,14,16,18)/p+1/b15-11-/t10-/m0/s1. The van der Waals surface area contributed by atoms with Crippen molar-refractivity contribution in [1.82, 2.24) is 5.43 Å². The van der Waals surface area contributed by atoms with Gasteiger partial charge < -0.3 is 5.73 Å². The Kier molecular flexibility index (Phi) is 4.25. The molecular weight excluding hydrogens is 244 g/mol. The Bertz CT molecular complexity index is 470. The number of nitrogens with two attached hydrogens (primary N) is 1. The Balaban J connectivity index is 2.26. The van der Waals surface area contributed by atoms with Crippen molar-refractivity contribution in [2.24, 2.45) is 17.9 Å². The van der Waals surface area contributed by atoms with Gasteiger partial charge in [-0.15, -0.1) is 0 Å². The lowest BCUT2D eigenvalue weighted by atomic mass is 9.84. The first-order valence-corrected chi connectivity index (χ1v) is 6.66. The van der Waals surface area contributed by atoms with Gasteiger partial charge in [-0.25, -0.2) is 4.57 Å². The van der Waals surface area contributed by atoms with E-state index in [9.17, 15) is 0 Å². The highest BCUT2D eigenvalue weighted by molar-refractivity contribution is 7.80. The van der Waals surface area contributed by atoms with Gasteiger partial charge in [0.05, 0.1) is 11.6 Å². The Morgan fingerprint density at radius 1 is 1.50 bits per heavy atom. The lowest BCUT2D eigenvalue weighted by Crippen LogP contribution is -2.38. The van der Waals surface area contributed by atoms with Crippen molar-refractivity contribution in [3.05, 3.63) is 30.1 Å². The number of thiocarbonyl (C=S) groups is 1. The predicted octanol–water partition coefficient (Wildman–Crippen LogP) is 1.36. The normalized spacial score (nSPS) is 21.8. The van der Waals surface area contributed by atoms with Gasteiger partial charge in [0.15, 0.2) is 17.0 Å². The van der Waals surface area contributed by atoms with Crippen LogP contribution in [0.4, 0.5) is 0 Å². The lowest BCUT2D eigenvalue weighted by molar-refractivity contribution is -0.679. The van der Waals surface area contributed by atoms with E-state index in [1.807, 2.05) is 6.07 Å². The van der Waals surface area contributed by atoms with Crippen LogP contribution in [0.2, 0.25) is 0 Å². The molecule has 18 heavy (non-hydrogen) atoms. The molecule has 4 nitrogen and oxygen atoms in total. The lowest BCUT2D eigenvalue weighted by Gasteiger charge is -2.22. The number of hydrogen-bond acceptors (Lipinski definition) is 2. The molecule has 0 aliphatic heterocycles. The molecule has 5 heteroatoms. The molecule has 2 rings (SSSR count). The number of rotatable bonds is 2. The fraction of sp³-hybridized carbons (Fsp3) is 0.462. The van der Waals surface area contributed by atoms with Gasteiger partial charge in [-0.2, -0.15) is 5.10 Å². The third-order valence-electron chi connectivity index (χ3n) is 3.34. The minimum Gasteiger partial charge on any atom is -0.375 e. The highest BCUT2D eigenvalue weighted by atomic mass is 32.1. The van der Waals surface area contributed by atoms with Gasteiger partial charge in [-0.1, -0.05) is 12.5 Å². The summed E-state index contributed by atoms with van der Waals surface area (Å²) in [5, 5.41) is 4.59. The summed E-state index contributed by atoms with van der Waals surface area (Å²) >= 11 is 4.80. The summed E-state index contributed by atoms with van der Waals surface area (Å²) in [6.45, 7) is 0. The molecule has 1 saturated carbocycles. The highest BCUT2D eigenvalue weighted by Crippen LogP contribution is 2.28. The monoisotopic (exact) mass is 263 g/mol. The van der Waals surface area contributed by atoms with Crippen LogP contribution in [0.3, 0.4) is 0 Å². The Morgan fingerprint density at radius 2 is 2.33 bits per heavy atom. The zero-order valence-corrected chi connectivity index (χ0v) is 11.4. The second-order valence-electron chi connectivity index (χ2n) is 4.61. The van der Waals surface area contributed by atoms with E-state index in [-0.39, 0.29) is 5.11 Å². The molecule has 1 aliphatic carbocycles. The molecule has 0 spiro atoms. The molecule has 96 valence electrons. The summed E-state index contributed by atoms with van der Waals surface area (Å²) < 4.78 is 2.16. The van der Waals surface area contributed by atoms with Crippen molar-refractivity contribution in [2.75, 3.05) is 0 Å². The van der Waals surface area contributed by atoms with Crippen LogP contribution in [0.5, 0.6) is 0 Å². The van der Waals surface area contributed by atoms with Crippen LogP contribution in [-0.2, 0) is 7.05 Å². The van der Waals surface area contributed by atoms with Crippen LogP contribution in [0.1, 0.15) is 37.3 Å². The summed E-state index contributed by atoms with van der Waals surface area (Å²) in [6, 6.07) is 6.27. The second-order valence-corrected chi connectivity index (χ2v) is 5.05. The van der Waals surface area contributed by atoms with Crippen LogP contribution in [0, 0.1) is 0 Å². The van der Waals surface area contributed by atoms with E-state index in [1.165, 1.54) is 18.5 Å². The van der Waals surface area contributed by atoms with Gasteiger partial charge in [-0.05, 0) is 31.5 Å². The Labute approximate surface area is 113 Å². The molecule has 0 saturated heterocycles. The summed E-state index contributed by atoms with van der Waals surface area (Å²) in [7, 11) is 2.07. The Hall–Kier alpha value is -1.49. The maximum Gasteiger partial charge on any atom is 0.189 e. The molecule has 0 radical (unpaired) electrons. The second kappa shape index (κ2) is 5.91. The van der Waals surface area contributed by atoms with E-state index in [0.717, 1.165) is 18.6 Å². The minimum absolute atomic E-state index is 0.226. The molecule has 1 aromatic rings. The van der Waals surface area contributed by atoms with Crippen molar-refractivity contribution >= 4 is 23.0 Å². The molecule has 0 unspecified atom stereocenters. The Morgan fingerprint density at radius 3 is 3.06 bits per heavy atom. The zero-order chi connectivity index (χ0) is 13.0. The van der Waals surface area contributed by atoms with Gasteiger partial charge >= 0.3 is 0 Å². The molecule has 1 aromatic heterocycles. The van der Waals surface area contributed by atoms with Crippen LogP contribution in [-0.4, -0.2) is 10.8 Å². The smallest absolute Gasteiger partial charge is 0.189 e. The number of aromatic nitrogens is 1. The molecule has 0 bridgehead atoms. The topological polar surface area (TPSA) is 54.3 Å².